The van der Waals surface area contributed by atoms with Gasteiger partial charge in [0.15, 0.2) is 0 Å². The molecular formula is C23H26ClFN4O2. The van der Waals surface area contributed by atoms with E-state index in [0.717, 1.165) is 5.56 Å². The van der Waals surface area contributed by atoms with Crippen LogP contribution in [0, 0.1) is 5.82 Å². The SMILES string of the molecule is NCCCC1(c2ccccc2)CC(c2cc(Cl)ccc2F)=NN1C(=O)N1CCOCC1. The molecule has 1 unspecified atom stereocenters. The van der Waals surface area contributed by atoms with Crippen LogP contribution in [0.3, 0.4) is 0 Å². The fraction of sp³-hybridized carbons (Fsp3) is 0.391. The fourth-order valence-electron chi connectivity index (χ4n) is 4.29. The molecule has 8 heteroatoms. The molecule has 1 fully saturated rings. The average molecular weight is 445 g/mol. The van der Waals surface area contributed by atoms with E-state index < -0.39 is 11.4 Å². The molecule has 0 aromatic heterocycles. The standard InChI is InChI=1S/C23H26ClFN4O2/c24-18-7-8-20(25)19(15-18)21-16-23(9-4-10-26,17-5-2-1-3-6-17)29(27-21)22(30)28-11-13-31-14-12-28/h1-3,5-8,15H,4,9-14,16,26H2. The second kappa shape index (κ2) is 9.34. The normalized spacial score (nSPS) is 21.3. The number of nitrogens with zero attached hydrogens (tertiary/aromatic N) is 3. The third-order valence-corrected chi connectivity index (χ3v) is 6.13. The number of nitrogens with two attached hydrogens (primary N) is 1. The van der Waals surface area contributed by atoms with Gasteiger partial charge in [0.1, 0.15) is 5.82 Å². The molecule has 1 atom stereocenters. The summed E-state index contributed by atoms with van der Waals surface area (Å²) in [6.45, 7) is 2.44. The van der Waals surface area contributed by atoms with Gasteiger partial charge >= 0.3 is 6.03 Å². The number of hydrogen-bond donors (Lipinski definition) is 1. The number of hydrogen-bond acceptors (Lipinski definition) is 4. The van der Waals surface area contributed by atoms with Crippen LogP contribution < -0.4 is 5.73 Å². The minimum Gasteiger partial charge on any atom is -0.378 e. The first kappa shape index (κ1) is 21.7. The van der Waals surface area contributed by atoms with Crippen LogP contribution in [-0.4, -0.2) is 54.5 Å². The van der Waals surface area contributed by atoms with Crippen LogP contribution in [0.25, 0.3) is 0 Å². The number of carbonyl (C=O) groups is 1. The Hall–Kier alpha value is -2.48. The van der Waals surface area contributed by atoms with Crippen LogP contribution in [0.1, 0.15) is 30.4 Å². The molecular weight excluding hydrogens is 419 g/mol. The number of hydrazone groups is 1. The molecule has 2 N–H and O–H groups in total. The number of carbonyl (C=O) groups excluding carboxylic acids is 1. The van der Waals surface area contributed by atoms with E-state index >= 15 is 0 Å². The van der Waals surface area contributed by atoms with Gasteiger partial charge in [0.25, 0.3) is 0 Å². The summed E-state index contributed by atoms with van der Waals surface area (Å²) in [7, 11) is 0. The van der Waals surface area contributed by atoms with Gasteiger partial charge in [-0.3, -0.25) is 0 Å². The maximum Gasteiger partial charge on any atom is 0.341 e. The highest BCUT2D eigenvalue weighted by atomic mass is 35.5. The number of halogens is 2. The van der Waals surface area contributed by atoms with E-state index in [4.69, 9.17) is 27.2 Å². The fourth-order valence-corrected chi connectivity index (χ4v) is 4.46. The zero-order chi connectivity index (χ0) is 21.8. The van der Waals surface area contributed by atoms with E-state index in [1.54, 1.807) is 16.0 Å². The van der Waals surface area contributed by atoms with Gasteiger partial charge < -0.3 is 15.4 Å². The van der Waals surface area contributed by atoms with Gasteiger partial charge in [-0.25, -0.2) is 14.2 Å². The Balaban J connectivity index is 1.81. The van der Waals surface area contributed by atoms with Crippen molar-refractivity contribution in [2.24, 2.45) is 10.8 Å². The highest BCUT2D eigenvalue weighted by Gasteiger charge is 2.48. The Morgan fingerprint density at radius 3 is 2.65 bits per heavy atom. The number of rotatable bonds is 5. The van der Waals surface area contributed by atoms with Crippen LogP contribution in [0.5, 0.6) is 0 Å². The maximum absolute atomic E-state index is 14.7. The Morgan fingerprint density at radius 1 is 1.19 bits per heavy atom. The van der Waals surface area contributed by atoms with E-state index in [1.807, 2.05) is 30.3 Å². The van der Waals surface area contributed by atoms with Crippen molar-refractivity contribution in [2.45, 2.75) is 24.8 Å². The second-order valence-electron chi connectivity index (χ2n) is 7.83. The summed E-state index contributed by atoms with van der Waals surface area (Å²) in [6, 6.07) is 14.0. The number of amides is 2. The predicted octanol–water partition coefficient (Wildman–Crippen LogP) is 3.98. The number of urea groups is 1. The zero-order valence-electron chi connectivity index (χ0n) is 17.3. The van der Waals surface area contributed by atoms with Crippen molar-refractivity contribution < 1.29 is 13.9 Å². The molecule has 164 valence electrons. The van der Waals surface area contributed by atoms with Gasteiger partial charge in [0, 0.05) is 30.1 Å². The molecule has 0 spiro atoms. The van der Waals surface area contributed by atoms with Crippen LogP contribution in [0.15, 0.2) is 53.6 Å². The number of benzene rings is 2. The van der Waals surface area contributed by atoms with Crippen molar-refractivity contribution in [2.75, 3.05) is 32.8 Å². The smallest absolute Gasteiger partial charge is 0.341 e. The first-order valence-corrected chi connectivity index (χ1v) is 10.9. The zero-order valence-corrected chi connectivity index (χ0v) is 18.0. The minimum absolute atomic E-state index is 0.207. The highest BCUT2D eigenvalue weighted by molar-refractivity contribution is 6.31. The van der Waals surface area contributed by atoms with Gasteiger partial charge in [-0.2, -0.15) is 5.10 Å². The van der Waals surface area contributed by atoms with Crippen molar-refractivity contribution in [3.63, 3.8) is 0 Å². The molecule has 6 nitrogen and oxygen atoms in total. The maximum atomic E-state index is 14.7. The van der Waals surface area contributed by atoms with Gasteiger partial charge in [0.2, 0.25) is 0 Å². The summed E-state index contributed by atoms with van der Waals surface area (Å²) in [6.07, 6.45) is 1.69. The lowest BCUT2D eigenvalue weighted by Gasteiger charge is -2.40. The lowest BCUT2D eigenvalue weighted by atomic mass is 9.80. The summed E-state index contributed by atoms with van der Waals surface area (Å²) in [5.74, 6) is -0.412. The van der Waals surface area contributed by atoms with E-state index in [2.05, 4.69) is 0 Å². The van der Waals surface area contributed by atoms with Crippen molar-refractivity contribution in [3.05, 3.63) is 70.5 Å². The van der Waals surface area contributed by atoms with E-state index in [9.17, 15) is 9.18 Å². The predicted molar refractivity (Wildman–Crippen MR) is 119 cm³/mol. The average Bonchev–Trinajstić information content (AvgIpc) is 3.20. The third-order valence-electron chi connectivity index (χ3n) is 5.89. The van der Waals surface area contributed by atoms with Crippen LogP contribution in [0.2, 0.25) is 5.02 Å². The Morgan fingerprint density at radius 2 is 1.94 bits per heavy atom. The molecule has 0 aliphatic carbocycles. The van der Waals surface area contributed by atoms with Crippen molar-refractivity contribution in [1.82, 2.24) is 9.91 Å². The summed E-state index contributed by atoms with van der Waals surface area (Å²) in [5.41, 5.74) is 6.87. The molecule has 2 heterocycles. The Kier molecular flexibility index (Phi) is 6.55. The van der Waals surface area contributed by atoms with E-state index in [0.29, 0.717) is 68.4 Å². The summed E-state index contributed by atoms with van der Waals surface area (Å²) in [4.78, 5) is 15.4. The molecule has 1 saturated heterocycles. The van der Waals surface area contributed by atoms with Gasteiger partial charge in [-0.15, -0.1) is 0 Å². The number of morpholine rings is 1. The summed E-state index contributed by atoms with van der Waals surface area (Å²) < 4.78 is 20.1. The third kappa shape index (κ3) is 4.31. The molecule has 2 aliphatic heterocycles. The molecule has 4 rings (SSSR count). The molecule has 0 saturated carbocycles. The van der Waals surface area contributed by atoms with Crippen molar-refractivity contribution >= 4 is 23.3 Å². The number of ether oxygens (including phenoxy) is 1. The quantitative estimate of drug-likeness (QED) is 0.758. The first-order chi connectivity index (χ1) is 15.0. The van der Waals surface area contributed by atoms with Gasteiger partial charge in [0.05, 0.1) is 24.5 Å². The lowest BCUT2D eigenvalue weighted by Crippen LogP contribution is -2.52. The first-order valence-electron chi connectivity index (χ1n) is 10.5. The highest BCUT2D eigenvalue weighted by Crippen LogP contribution is 2.44. The largest absolute Gasteiger partial charge is 0.378 e. The van der Waals surface area contributed by atoms with Crippen molar-refractivity contribution in [1.29, 1.82) is 0 Å². The van der Waals surface area contributed by atoms with Crippen molar-refractivity contribution in [3.8, 4) is 0 Å². The van der Waals surface area contributed by atoms with Crippen LogP contribution in [0.4, 0.5) is 9.18 Å². The molecule has 0 bridgehead atoms. The van der Waals surface area contributed by atoms with E-state index in [-0.39, 0.29) is 6.03 Å². The summed E-state index contributed by atoms with van der Waals surface area (Å²) >= 11 is 6.15. The molecule has 31 heavy (non-hydrogen) atoms. The summed E-state index contributed by atoms with van der Waals surface area (Å²) in [5, 5.41) is 6.66. The Labute approximate surface area is 186 Å². The van der Waals surface area contributed by atoms with Gasteiger partial charge in [-0.05, 0) is 43.1 Å². The molecule has 0 radical (unpaired) electrons. The van der Waals surface area contributed by atoms with Crippen LogP contribution in [-0.2, 0) is 10.3 Å². The molecule has 2 aliphatic rings. The monoisotopic (exact) mass is 444 g/mol. The second-order valence-corrected chi connectivity index (χ2v) is 8.27. The van der Waals surface area contributed by atoms with E-state index in [1.165, 1.54) is 12.1 Å². The molecule has 2 aromatic rings. The Bertz CT molecular complexity index is 965. The molecule has 2 amide bonds. The minimum atomic E-state index is -0.750. The van der Waals surface area contributed by atoms with Crippen LogP contribution >= 0.6 is 11.6 Å². The lowest BCUT2D eigenvalue weighted by molar-refractivity contribution is 0.0292. The topological polar surface area (TPSA) is 71.2 Å². The molecule has 2 aromatic carbocycles. The van der Waals surface area contributed by atoms with Gasteiger partial charge in [-0.1, -0.05) is 41.9 Å².